The molecule has 1 saturated heterocycles. The van der Waals surface area contributed by atoms with Gasteiger partial charge in [0.25, 0.3) is 5.91 Å². The van der Waals surface area contributed by atoms with Crippen LogP contribution in [-0.4, -0.2) is 41.5 Å². The van der Waals surface area contributed by atoms with Gasteiger partial charge in [-0.05, 0) is 55.3 Å². The molecule has 2 aromatic heterocycles. The summed E-state index contributed by atoms with van der Waals surface area (Å²) in [5.41, 5.74) is 2.32. The van der Waals surface area contributed by atoms with Gasteiger partial charge in [0.1, 0.15) is 5.82 Å². The van der Waals surface area contributed by atoms with Crippen LogP contribution in [0.1, 0.15) is 33.8 Å². The standard InChI is InChI=1S/C24H27N3OS/c1-19-7-5-11-23(25-19)27(24(28)22-10-6-18-29-22)21-13-16-26(17-14-21)15-12-20-8-3-2-4-9-20/h2-11,18,21H,12-17H2,1H3. The van der Waals surface area contributed by atoms with E-state index in [1.807, 2.05) is 47.5 Å². The number of nitrogens with zero attached hydrogens (tertiary/aromatic N) is 3. The Kier molecular flexibility index (Phi) is 6.37. The lowest BCUT2D eigenvalue weighted by Gasteiger charge is -2.38. The normalized spacial score (nSPS) is 15.3. The van der Waals surface area contributed by atoms with E-state index < -0.39 is 0 Å². The fourth-order valence-electron chi connectivity index (χ4n) is 3.97. The number of carbonyl (C=O) groups is 1. The molecule has 0 bridgehead atoms. The molecule has 1 fully saturated rings. The van der Waals surface area contributed by atoms with E-state index in [2.05, 4.69) is 40.2 Å². The molecule has 1 aliphatic heterocycles. The van der Waals surface area contributed by atoms with Crippen molar-refractivity contribution < 1.29 is 4.79 Å². The second-order valence-electron chi connectivity index (χ2n) is 7.60. The fourth-order valence-corrected chi connectivity index (χ4v) is 4.63. The average molecular weight is 406 g/mol. The minimum Gasteiger partial charge on any atom is -0.303 e. The van der Waals surface area contributed by atoms with Gasteiger partial charge in [-0.15, -0.1) is 11.3 Å². The van der Waals surface area contributed by atoms with Crippen LogP contribution in [0.15, 0.2) is 66.0 Å². The summed E-state index contributed by atoms with van der Waals surface area (Å²) in [6.07, 6.45) is 3.02. The van der Waals surface area contributed by atoms with E-state index in [0.717, 1.165) is 55.3 Å². The number of carbonyl (C=O) groups excluding carboxylic acids is 1. The number of benzene rings is 1. The minimum atomic E-state index is 0.0702. The molecule has 1 amide bonds. The van der Waals surface area contributed by atoms with Gasteiger partial charge in [-0.3, -0.25) is 9.69 Å². The number of likely N-dealkylation sites (tertiary alicyclic amines) is 1. The molecule has 4 nitrogen and oxygen atoms in total. The number of thiophene rings is 1. The van der Waals surface area contributed by atoms with Crippen LogP contribution in [0.2, 0.25) is 0 Å². The number of piperidine rings is 1. The maximum absolute atomic E-state index is 13.3. The zero-order chi connectivity index (χ0) is 20.1. The highest BCUT2D eigenvalue weighted by molar-refractivity contribution is 7.12. The Hall–Kier alpha value is -2.50. The van der Waals surface area contributed by atoms with Gasteiger partial charge in [-0.25, -0.2) is 4.98 Å². The van der Waals surface area contributed by atoms with Crippen LogP contribution in [0.3, 0.4) is 0 Å². The molecule has 0 spiro atoms. The number of aromatic nitrogens is 1. The molecule has 1 aliphatic rings. The summed E-state index contributed by atoms with van der Waals surface area (Å²) in [6, 6.07) is 20.6. The predicted octanol–water partition coefficient (Wildman–Crippen LogP) is 4.81. The number of amides is 1. The van der Waals surface area contributed by atoms with Crippen LogP contribution in [-0.2, 0) is 6.42 Å². The lowest BCUT2D eigenvalue weighted by Crippen LogP contribution is -2.48. The lowest BCUT2D eigenvalue weighted by molar-refractivity contribution is 0.0963. The summed E-state index contributed by atoms with van der Waals surface area (Å²) in [6.45, 7) is 5.07. The quantitative estimate of drug-likeness (QED) is 0.591. The predicted molar refractivity (Wildman–Crippen MR) is 120 cm³/mol. The van der Waals surface area contributed by atoms with Crippen LogP contribution in [0.4, 0.5) is 5.82 Å². The number of hydrogen-bond acceptors (Lipinski definition) is 4. The minimum absolute atomic E-state index is 0.0702. The summed E-state index contributed by atoms with van der Waals surface area (Å²) >= 11 is 1.50. The Bertz CT molecular complexity index is 918. The van der Waals surface area contributed by atoms with Crippen molar-refractivity contribution in [3.8, 4) is 0 Å². The average Bonchev–Trinajstić information content (AvgIpc) is 3.29. The van der Waals surface area contributed by atoms with Gasteiger partial charge < -0.3 is 4.90 Å². The number of anilines is 1. The molecule has 0 unspecified atom stereocenters. The highest BCUT2D eigenvalue weighted by Crippen LogP contribution is 2.26. The Labute approximate surface area is 176 Å². The van der Waals surface area contributed by atoms with Crippen molar-refractivity contribution in [2.45, 2.75) is 32.2 Å². The molecule has 0 aliphatic carbocycles. The van der Waals surface area contributed by atoms with Crippen molar-refractivity contribution in [3.05, 3.63) is 82.2 Å². The molecule has 0 radical (unpaired) electrons. The molecule has 3 aromatic rings. The first-order chi connectivity index (χ1) is 14.2. The van der Waals surface area contributed by atoms with Gasteiger partial charge in [0, 0.05) is 31.4 Å². The van der Waals surface area contributed by atoms with E-state index in [1.165, 1.54) is 16.9 Å². The van der Waals surface area contributed by atoms with Crippen molar-refractivity contribution in [1.82, 2.24) is 9.88 Å². The second-order valence-corrected chi connectivity index (χ2v) is 8.55. The third-order valence-corrected chi connectivity index (χ3v) is 6.41. The van der Waals surface area contributed by atoms with Gasteiger partial charge in [0.15, 0.2) is 0 Å². The van der Waals surface area contributed by atoms with Crippen molar-refractivity contribution in [1.29, 1.82) is 0 Å². The Morgan fingerprint density at radius 3 is 2.55 bits per heavy atom. The zero-order valence-corrected chi connectivity index (χ0v) is 17.6. The van der Waals surface area contributed by atoms with Crippen LogP contribution < -0.4 is 4.90 Å². The van der Waals surface area contributed by atoms with Crippen molar-refractivity contribution in [2.24, 2.45) is 0 Å². The zero-order valence-electron chi connectivity index (χ0n) is 16.8. The maximum atomic E-state index is 13.3. The number of pyridine rings is 1. The first kappa shape index (κ1) is 19.8. The second kappa shape index (κ2) is 9.33. The SMILES string of the molecule is Cc1cccc(N(C(=O)c2cccs2)C2CCN(CCc3ccccc3)CC2)n1. The van der Waals surface area contributed by atoms with E-state index in [4.69, 9.17) is 0 Å². The van der Waals surface area contributed by atoms with Crippen LogP contribution in [0.5, 0.6) is 0 Å². The highest BCUT2D eigenvalue weighted by atomic mass is 32.1. The molecule has 29 heavy (non-hydrogen) atoms. The Balaban J connectivity index is 1.44. The monoisotopic (exact) mass is 405 g/mol. The summed E-state index contributed by atoms with van der Waals surface area (Å²) in [4.78, 5) is 23.2. The van der Waals surface area contributed by atoms with Crippen molar-refractivity contribution in [3.63, 3.8) is 0 Å². The molecule has 5 heteroatoms. The van der Waals surface area contributed by atoms with Gasteiger partial charge in [0.05, 0.1) is 4.88 Å². The smallest absolute Gasteiger partial charge is 0.269 e. The van der Waals surface area contributed by atoms with Crippen LogP contribution in [0.25, 0.3) is 0 Å². The number of hydrogen-bond donors (Lipinski definition) is 0. The first-order valence-corrected chi connectivity index (χ1v) is 11.2. The summed E-state index contributed by atoms with van der Waals surface area (Å²) in [7, 11) is 0. The number of aryl methyl sites for hydroxylation is 1. The summed E-state index contributed by atoms with van der Waals surface area (Å²) in [5.74, 6) is 0.840. The maximum Gasteiger partial charge on any atom is 0.269 e. The van der Waals surface area contributed by atoms with Gasteiger partial charge in [-0.1, -0.05) is 42.5 Å². The Morgan fingerprint density at radius 1 is 1.07 bits per heavy atom. The third-order valence-electron chi connectivity index (χ3n) is 5.55. The molecular formula is C24H27N3OS. The molecule has 0 saturated carbocycles. The molecule has 4 rings (SSSR count). The van der Waals surface area contributed by atoms with E-state index in [9.17, 15) is 4.79 Å². The van der Waals surface area contributed by atoms with E-state index >= 15 is 0 Å². The third kappa shape index (κ3) is 4.92. The van der Waals surface area contributed by atoms with Crippen LogP contribution >= 0.6 is 11.3 Å². The van der Waals surface area contributed by atoms with Crippen molar-refractivity contribution >= 4 is 23.1 Å². The van der Waals surface area contributed by atoms with Gasteiger partial charge in [0.2, 0.25) is 0 Å². The Morgan fingerprint density at radius 2 is 1.86 bits per heavy atom. The molecule has 150 valence electrons. The van der Waals surface area contributed by atoms with Crippen molar-refractivity contribution in [2.75, 3.05) is 24.5 Å². The molecule has 0 atom stereocenters. The topological polar surface area (TPSA) is 36.4 Å². The highest BCUT2D eigenvalue weighted by Gasteiger charge is 2.31. The van der Waals surface area contributed by atoms with E-state index in [1.54, 1.807) is 0 Å². The molecule has 1 aromatic carbocycles. The molecular weight excluding hydrogens is 378 g/mol. The lowest BCUT2D eigenvalue weighted by atomic mass is 10.0. The van der Waals surface area contributed by atoms with Gasteiger partial charge in [-0.2, -0.15) is 0 Å². The van der Waals surface area contributed by atoms with E-state index in [0.29, 0.717) is 0 Å². The molecule has 0 N–H and O–H groups in total. The number of rotatable bonds is 6. The summed E-state index contributed by atoms with van der Waals surface area (Å²) < 4.78 is 0. The first-order valence-electron chi connectivity index (χ1n) is 10.3. The van der Waals surface area contributed by atoms with Gasteiger partial charge >= 0.3 is 0 Å². The van der Waals surface area contributed by atoms with Crippen LogP contribution in [0, 0.1) is 6.92 Å². The fraction of sp³-hybridized carbons (Fsp3) is 0.333. The summed E-state index contributed by atoms with van der Waals surface area (Å²) in [5, 5.41) is 1.96. The molecule has 3 heterocycles. The van der Waals surface area contributed by atoms with E-state index in [-0.39, 0.29) is 11.9 Å². The largest absolute Gasteiger partial charge is 0.303 e.